The van der Waals surface area contributed by atoms with Gasteiger partial charge in [0, 0.05) is 37.7 Å². The first-order chi connectivity index (χ1) is 12.0. The number of likely N-dealkylation sites (N-methyl/N-ethyl adjacent to an activating group) is 1. The Kier molecular flexibility index (Phi) is 6.77. The Labute approximate surface area is 149 Å². The Bertz CT molecular complexity index is 689. The van der Waals surface area contributed by atoms with Crippen molar-refractivity contribution >= 4 is 11.7 Å². The number of ether oxygens (including phenoxy) is 1. The quantitative estimate of drug-likeness (QED) is 0.840. The van der Waals surface area contributed by atoms with Crippen LogP contribution in [0, 0.1) is 6.92 Å². The number of aryl methyl sites for hydroxylation is 1. The van der Waals surface area contributed by atoms with Crippen molar-refractivity contribution in [3.63, 3.8) is 0 Å². The first-order valence-corrected chi connectivity index (χ1v) is 8.24. The van der Waals surface area contributed by atoms with Gasteiger partial charge in [-0.05, 0) is 56.4 Å². The Morgan fingerprint density at radius 2 is 2.04 bits per heavy atom. The fourth-order valence-electron chi connectivity index (χ4n) is 2.44. The summed E-state index contributed by atoms with van der Waals surface area (Å²) in [5, 5.41) is 2.97. The van der Waals surface area contributed by atoms with Gasteiger partial charge in [-0.2, -0.15) is 0 Å². The topological polar surface area (TPSA) is 57.7 Å². The molecule has 0 aliphatic rings. The van der Waals surface area contributed by atoms with Crippen molar-refractivity contribution in [1.29, 1.82) is 0 Å². The highest BCUT2D eigenvalue weighted by atomic mass is 16.5. The molecule has 1 aromatic carbocycles. The summed E-state index contributed by atoms with van der Waals surface area (Å²) in [4.78, 5) is 20.7. The van der Waals surface area contributed by atoms with Crippen molar-refractivity contribution in [3.05, 3.63) is 53.9 Å². The van der Waals surface area contributed by atoms with Gasteiger partial charge in [0.2, 0.25) is 0 Å². The molecular weight excluding hydrogens is 316 g/mol. The van der Waals surface area contributed by atoms with Crippen LogP contribution in [-0.4, -0.2) is 55.1 Å². The van der Waals surface area contributed by atoms with Crippen molar-refractivity contribution in [2.24, 2.45) is 0 Å². The molecule has 1 aromatic heterocycles. The minimum atomic E-state index is -0.129. The summed E-state index contributed by atoms with van der Waals surface area (Å²) < 4.78 is 5.26. The summed E-state index contributed by atoms with van der Waals surface area (Å²) in [5.74, 6) is 0.804. The summed E-state index contributed by atoms with van der Waals surface area (Å²) in [6.45, 7) is 3.88. The number of rotatable bonds is 7. The number of amides is 2. The monoisotopic (exact) mass is 342 g/mol. The molecule has 0 spiro atoms. The van der Waals surface area contributed by atoms with E-state index in [1.807, 2.05) is 51.4 Å². The molecule has 0 unspecified atom stereocenters. The zero-order valence-electron chi connectivity index (χ0n) is 15.3. The van der Waals surface area contributed by atoms with Gasteiger partial charge in [-0.15, -0.1) is 0 Å². The second kappa shape index (κ2) is 9.03. The number of nitrogens with zero attached hydrogens (tertiary/aromatic N) is 3. The van der Waals surface area contributed by atoms with Crippen molar-refractivity contribution in [3.8, 4) is 5.75 Å². The number of nitrogens with one attached hydrogen (secondary N) is 1. The molecule has 0 fully saturated rings. The highest BCUT2D eigenvalue weighted by Crippen LogP contribution is 2.21. The first-order valence-electron chi connectivity index (χ1n) is 8.24. The maximum atomic E-state index is 12.7. The molecule has 0 aliphatic heterocycles. The molecule has 0 saturated carbocycles. The van der Waals surface area contributed by atoms with Gasteiger partial charge in [-0.25, -0.2) is 4.79 Å². The van der Waals surface area contributed by atoms with Crippen LogP contribution < -0.4 is 10.1 Å². The van der Waals surface area contributed by atoms with E-state index in [1.54, 1.807) is 24.4 Å². The van der Waals surface area contributed by atoms with Gasteiger partial charge in [0.05, 0.1) is 7.11 Å². The lowest BCUT2D eigenvalue weighted by Gasteiger charge is -2.25. The van der Waals surface area contributed by atoms with Gasteiger partial charge in [0.1, 0.15) is 5.75 Å². The number of hydrogen-bond donors (Lipinski definition) is 1. The molecule has 0 saturated heterocycles. The molecule has 6 heteroatoms. The molecule has 25 heavy (non-hydrogen) atoms. The predicted molar refractivity (Wildman–Crippen MR) is 100.0 cm³/mol. The smallest absolute Gasteiger partial charge is 0.322 e. The second-order valence-corrected chi connectivity index (χ2v) is 6.20. The molecule has 2 aromatic rings. The van der Waals surface area contributed by atoms with Crippen molar-refractivity contribution in [2.45, 2.75) is 13.5 Å². The van der Waals surface area contributed by atoms with E-state index in [0.29, 0.717) is 13.1 Å². The van der Waals surface area contributed by atoms with Crippen LogP contribution in [0.2, 0.25) is 0 Å². The van der Waals surface area contributed by atoms with Crippen LogP contribution in [0.4, 0.5) is 10.5 Å². The summed E-state index contributed by atoms with van der Waals surface area (Å²) in [7, 11) is 5.62. The average Bonchev–Trinajstić information content (AvgIpc) is 2.59. The van der Waals surface area contributed by atoms with E-state index in [-0.39, 0.29) is 6.03 Å². The van der Waals surface area contributed by atoms with Gasteiger partial charge >= 0.3 is 6.03 Å². The number of benzene rings is 1. The van der Waals surface area contributed by atoms with Crippen LogP contribution in [-0.2, 0) is 6.54 Å². The van der Waals surface area contributed by atoms with Crippen LogP contribution in [0.3, 0.4) is 0 Å². The molecule has 0 aliphatic carbocycles. The minimum Gasteiger partial charge on any atom is -0.496 e. The Hall–Kier alpha value is -2.60. The predicted octanol–water partition coefficient (Wildman–Crippen LogP) is 2.99. The van der Waals surface area contributed by atoms with Crippen LogP contribution in [0.25, 0.3) is 0 Å². The van der Waals surface area contributed by atoms with E-state index in [9.17, 15) is 4.79 Å². The fourth-order valence-corrected chi connectivity index (χ4v) is 2.44. The molecule has 0 atom stereocenters. The Balaban J connectivity index is 2.09. The van der Waals surface area contributed by atoms with E-state index < -0.39 is 0 Å². The van der Waals surface area contributed by atoms with Crippen LogP contribution in [0.15, 0.2) is 42.7 Å². The summed E-state index contributed by atoms with van der Waals surface area (Å²) in [6.07, 6.45) is 3.52. The van der Waals surface area contributed by atoms with Gasteiger partial charge in [0.15, 0.2) is 0 Å². The summed E-state index contributed by atoms with van der Waals surface area (Å²) >= 11 is 0. The van der Waals surface area contributed by atoms with Gasteiger partial charge in [-0.3, -0.25) is 4.98 Å². The number of pyridine rings is 1. The maximum Gasteiger partial charge on any atom is 0.322 e. The number of carbonyl (C=O) groups excluding carboxylic acids is 1. The largest absolute Gasteiger partial charge is 0.496 e. The first kappa shape index (κ1) is 18.7. The molecule has 134 valence electrons. The lowest BCUT2D eigenvalue weighted by Crippen LogP contribution is -2.39. The third-order valence-electron chi connectivity index (χ3n) is 3.85. The second-order valence-electron chi connectivity index (χ2n) is 6.20. The third kappa shape index (κ3) is 5.76. The van der Waals surface area contributed by atoms with Gasteiger partial charge < -0.3 is 19.9 Å². The maximum absolute atomic E-state index is 12.7. The molecule has 6 nitrogen and oxygen atoms in total. The number of aromatic nitrogens is 1. The average molecular weight is 342 g/mol. The fraction of sp³-hybridized carbons (Fsp3) is 0.368. The van der Waals surface area contributed by atoms with E-state index in [4.69, 9.17) is 4.74 Å². The van der Waals surface area contributed by atoms with Crippen LogP contribution >= 0.6 is 0 Å². The molecule has 1 heterocycles. The molecule has 0 radical (unpaired) electrons. The van der Waals surface area contributed by atoms with Crippen molar-refractivity contribution < 1.29 is 9.53 Å². The molecular formula is C19H26N4O2. The number of methoxy groups -OCH3 is 1. The van der Waals surface area contributed by atoms with Gasteiger partial charge in [0.25, 0.3) is 0 Å². The minimum absolute atomic E-state index is 0.129. The summed E-state index contributed by atoms with van der Waals surface area (Å²) in [5.41, 5.74) is 2.74. The zero-order chi connectivity index (χ0) is 18.2. The molecule has 2 rings (SSSR count). The number of urea groups is 1. The Morgan fingerprint density at radius 1 is 1.24 bits per heavy atom. The molecule has 0 bridgehead atoms. The number of hydrogen-bond acceptors (Lipinski definition) is 4. The molecule has 2 amide bonds. The summed E-state index contributed by atoms with van der Waals surface area (Å²) in [6, 6.07) is 9.33. The van der Waals surface area contributed by atoms with Gasteiger partial charge in [-0.1, -0.05) is 6.07 Å². The number of anilines is 1. The van der Waals surface area contributed by atoms with Crippen LogP contribution in [0.1, 0.15) is 11.1 Å². The SMILES string of the molecule is COc1ccc(NC(=O)N(CCN(C)C)Cc2cccnc2)cc1C. The highest BCUT2D eigenvalue weighted by molar-refractivity contribution is 5.89. The van der Waals surface area contributed by atoms with Crippen molar-refractivity contribution in [1.82, 2.24) is 14.8 Å². The lowest BCUT2D eigenvalue weighted by atomic mass is 10.2. The van der Waals surface area contributed by atoms with E-state index in [0.717, 1.165) is 29.1 Å². The third-order valence-corrected chi connectivity index (χ3v) is 3.85. The van der Waals surface area contributed by atoms with E-state index in [2.05, 4.69) is 15.2 Å². The van der Waals surface area contributed by atoms with Crippen LogP contribution in [0.5, 0.6) is 5.75 Å². The lowest BCUT2D eigenvalue weighted by molar-refractivity contribution is 0.202. The number of carbonyl (C=O) groups is 1. The Morgan fingerprint density at radius 3 is 2.64 bits per heavy atom. The van der Waals surface area contributed by atoms with E-state index in [1.165, 1.54) is 0 Å². The van der Waals surface area contributed by atoms with Crippen molar-refractivity contribution in [2.75, 3.05) is 39.6 Å². The molecule has 1 N–H and O–H groups in total. The normalized spacial score (nSPS) is 10.6. The standard InChI is InChI=1S/C19H26N4O2/c1-15-12-17(7-8-18(15)25-4)21-19(24)23(11-10-22(2)3)14-16-6-5-9-20-13-16/h5-9,12-13H,10-11,14H2,1-4H3,(H,21,24). The van der Waals surface area contributed by atoms with E-state index >= 15 is 0 Å². The highest BCUT2D eigenvalue weighted by Gasteiger charge is 2.15. The zero-order valence-corrected chi connectivity index (χ0v) is 15.3.